The minimum absolute atomic E-state index is 0.521. The van der Waals surface area contributed by atoms with E-state index in [1.165, 1.54) is 0 Å². The second-order valence-corrected chi connectivity index (χ2v) is 4.52. The first kappa shape index (κ1) is 16.0. The molecule has 116 valence electrons. The summed E-state index contributed by atoms with van der Waals surface area (Å²) in [5.41, 5.74) is -3.87. The van der Waals surface area contributed by atoms with Crippen molar-refractivity contribution in [2.45, 2.75) is 5.60 Å². The number of carbonyl (C=O) groups excluding carboxylic acids is 1. The van der Waals surface area contributed by atoms with Gasteiger partial charge >= 0.3 is 5.97 Å². The molecule has 2 aromatic rings. The Labute approximate surface area is 122 Å². The van der Waals surface area contributed by atoms with Gasteiger partial charge in [-0.3, -0.25) is 0 Å². The third-order valence-corrected chi connectivity index (χ3v) is 3.04. The number of esters is 1. The second-order valence-electron chi connectivity index (χ2n) is 4.52. The molecule has 0 unspecified atom stereocenters. The fourth-order valence-corrected chi connectivity index (χ4v) is 2.08. The molecule has 0 aromatic heterocycles. The number of hydrogen-bond donors (Lipinski definition) is 1. The Balaban J connectivity index is 2.74. The van der Waals surface area contributed by atoms with E-state index in [0.717, 1.165) is 7.11 Å². The minimum Gasteiger partial charge on any atom is -0.466 e. The lowest BCUT2D eigenvalue weighted by atomic mass is 9.86. The molecule has 3 nitrogen and oxygen atoms in total. The zero-order valence-corrected chi connectivity index (χ0v) is 11.2. The average molecular weight is 314 g/mol. The lowest BCUT2D eigenvalue weighted by molar-refractivity contribution is -0.159. The predicted octanol–water partition coefficient (Wildman–Crippen LogP) is 2.65. The zero-order valence-electron chi connectivity index (χ0n) is 11.2. The van der Waals surface area contributed by atoms with E-state index in [-0.39, 0.29) is 0 Å². The second kappa shape index (κ2) is 5.76. The molecule has 0 amide bonds. The van der Waals surface area contributed by atoms with Crippen LogP contribution in [-0.2, 0) is 15.1 Å². The van der Waals surface area contributed by atoms with E-state index >= 15 is 0 Å². The molecule has 2 aromatic carbocycles. The van der Waals surface area contributed by atoms with Gasteiger partial charge in [-0.1, -0.05) is 0 Å². The van der Waals surface area contributed by atoms with Crippen LogP contribution in [0.15, 0.2) is 36.4 Å². The van der Waals surface area contributed by atoms with Crippen molar-refractivity contribution in [3.05, 3.63) is 70.8 Å². The Hall–Kier alpha value is -2.41. The molecule has 0 spiro atoms. The monoisotopic (exact) mass is 314 g/mol. The molecule has 0 radical (unpaired) electrons. The summed E-state index contributed by atoms with van der Waals surface area (Å²) in [5.74, 6) is -5.64. The lowest BCUT2D eigenvalue weighted by Gasteiger charge is -2.26. The molecule has 0 aliphatic rings. The first-order valence-corrected chi connectivity index (χ1v) is 6.01. The fraction of sp³-hybridized carbons (Fsp3) is 0.133. The maximum absolute atomic E-state index is 13.3. The van der Waals surface area contributed by atoms with Gasteiger partial charge in [-0.25, -0.2) is 22.4 Å². The highest BCUT2D eigenvalue weighted by atomic mass is 19.1. The van der Waals surface area contributed by atoms with Crippen LogP contribution in [0.2, 0.25) is 0 Å². The van der Waals surface area contributed by atoms with E-state index in [1.54, 1.807) is 0 Å². The summed E-state index contributed by atoms with van der Waals surface area (Å²) < 4.78 is 57.8. The molecule has 0 saturated carbocycles. The van der Waals surface area contributed by atoms with Gasteiger partial charge in [-0.15, -0.1) is 0 Å². The van der Waals surface area contributed by atoms with Gasteiger partial charge in [0.15, 0.2) is 0 Å². The zero-order chi connectivity index (χ0) is 16.5. The lowest BCUT2D eigenvalue weighted by Crippen LogP contribution is -2.38. The summed E-state index contributed by atoms with van der Waals surface area (Å²) in [6.07, 6.45) is 0. The summed E-state index contributed by atoms with van der Waals surface area (Å²) in [6, 6.07) is 3.72. The van der Waals surface area contributed by atoms with E-state index in [4.69, 9.17) is 0 Å². The number of rotatable bonds is 3. The van der Waals surface area contributed by atoms with Gasteiger partial charge < -0.3 is 9.84 Å². The van der Waals surface area contributed by atoms with Crippen LogP contribution in [0, 0.1) is 23.3 Å². The third kappa shape index (κ3) is 2.80. The van der Waals surface area contributed by atoms with Crippen molar-refractivity contribution in [3.8, 4) is 0 Å². The van der Waals surface area contributed by atoms with Crippen LogP contribution >= 0.6 is 0 Å². The van der Waals surface area contributed by atoms with E-state index in [0.29, 0.717) is 36.4 Å². The molecule has 0 saturated heterocycles. The number of aliphatic hydroxyl groups is 1. The Bertz CT molecular complexity index is 639. The van der Waals surface area contributed by atoms with Crippen molar-refractivity contribution < 1.29 is 32.2 Å². The summed E-state index contributed by atoms with van der Waals surface area (Å²) in [6.45, 7) is 0. The maximum Gasteiger partial charge on any atom is 0.347 e. The van der Waals surface area contributed by atoms with Gasteiger partial charge in [0.05, 0.1) is 7.11 Å². The molecule has 0 heterocycles. The molecule has 0 atom stereocenters. The Morgan fingerprint density at radius 1 is 0.864 bits per heavy atom. The summed E-state index contributed by atoms with van der Waals surface area (Å²) in [7, 11) is 0.915. The molecule has 2 rings (SSSR count). The molecular weight excluding hydrogens is 304 g/mol. The summed E-state index contributed by atoms with van der Waals surface area (Å²) >= 11 is 0. The first-order valence-electron chi connectivity index (χ1n) is 6.01. The standard InChI is InChI=1S/C15H10F4O3/c1-22-14(20)15(21,8-2-10(16)6-11(17)3-8)9-4-12(18)7-13(19)5-9/h2-7,21H,1H3. The van der Waals surface area contributed by atoms with Crippen LogP contribution in [0.4, 0.5) is 17.6 Å². The van der Waals surface area contributed by atoms with Crippen molar-refractivity contribution in [3.63, 3.8) is 0 Å². The molecule has 0 aliphatic heterocycles. The number of hydrogen-bond acceptors (Lipinski definition) is 3. The smallest absolute Gasteiger partial charge is 0.347 e. The first-order chi connectivity index (χ1) is 10.3. The van der Waals surface area contributed by atoms with Crippen LogP contribution in [0.5, 0.6) is 0 Å². The summed E-state index contributed by atoms with van der Waals surface area (Å²) in [5, 5.41) is 10.6. The van der Waals surface area contributed by atoms with Crippen LogP contribution in [-0.4, -0.2) is 18.2 Å². The van der Waals surface area contributed by atoms with Gasteiger partial charge in [0, 0.05) is 23.3 Å². The highest BCUT2D eigenvalue weighted by molar-refractivity contribution is 5.85. The predicted molar refractivity (Wildman–Crippen MR) is 67.7 cm³/mol. The van der Waals surface area contributed by atoms with Gasteiger partial charge in [-0.05, 0) is 24.3 Å². The molecule has 1 N–H and O–H groups in total. The highest BCUT2D eigenvalue weighted by Crippen LogP contribution is 2.33. The van der Waals surface area contributed by atoms with Crippen molar-refractivity contribution in [2.24, 2.45) is 0 Å². The van der Waals surface area contributed by atoms with Gasteiger partial charge in [0.1, 0.15) is 23.3 Å². The van der Waals surface area contributed by atoms with Crippen molar-refractivity contribution in [2.75, 3.05) is 7.11 Å². The fourth-order valence-electron chi connectivity index (χ4n) is 2.08. The van der Waals surface area contributed by atoms with Crippen molar-refractivity contribution in [1.82, 2.24) is 0 Å². The largest absolute Gasteiger partial charge is 0.466 e. The van der Waals surface area contributed by atoms with Crippen LogP contribution in [0.1, 0.15) is 11.1 Å². The Morgan fingerprint density at radius 2 is 1.18 bits per heavy atom. The van der Waals surface area contributed by atoms with Crippen molar-refractivity contribution in [1.29, 1.82) is 0 Å². The molecule has 22 heavy (non-hydrogen) atoms. The number of methoxy groups -OCH3 is 1. The quantitative estimate of drug-likeness (QED) is 0.700. The van der Waals surface area contributed by atoms with Crippen LogP contribution in [0.25, 0.3) is 0 Å². The highest BCUT2D eigenvalue weighted by Gasteiger charge is 2.42. The number of benzene rings is 2. The average Bonchev–Trinajstić information content (AvgIpc) is 2.43. The van der Waals surface area contributed by atoms with Crippen LogP contribution < -0.4 is 0 Å². The molecular formula is C15H10F4O3. The Morgan fingerprint density at radius 3 is 1.45 bits per heavy atom. The number of carbonyl (C=O) groups is 1. The number of halogens is 4. The molecule has 7 heteroatoms. The summed E-state index contributed by atoms with van der Waals surface area (Å²) in [4.78, 5) is 11.9. The van der Waals surface area contributed by atoms with Gasteiger partial charge in [-0.2, -0.15) is 0 Å². The molecule has 0 bridgehead atoms. The third-order valence-electron chi connectivity index (χ3n) is 3.04. The minimum atomic E-state index is -2.76. The van der Waals surface area contributed by atoms with Gasteiger partial charge in [0.25, 0.3) is 0 Å². The topological polar surface area (TPSA) is 46.5 Å². The van der Waals surface area contributed by atoms with Crippen LogP contribution in [0.3, 0.4) is 0 Å². The van der Waals surface area contributed by atoms with E-state index in [2.05, 4.69) is 4.74 Å². The normalized spacial score (nSPS) is 11.4. The Kier molecular flexibility index (Phi) is 4.18. The maximum atomic E-state index is 13.3. The van der Waals surface area contributed by atoms with E-state index in [9.17, 15) is 27.5 Å². The SMILES string of the molecule is COC(=O)C(O)(c1cc(F)cc(F)c1)c1cc(F)cc(F)c1. The van der Waals surface area contributed by atoms with Crippen molar-refractivity contribution >= 4 is 5.97 Å². The van der Waals surface area contributed by atoms with E-state index < -0.39 is 46.0 Å². The molecule has 0 aliphatic carbocycles. The number of ether oxygens (including phenoxy) is 1. The molecule has 0 fully saturated rings. The van der Waals surface area contributed by atoms with Gasteiger partial charge in [0.2, 0.25) is 5.60 Å². The van der Waals surface area contributed by atoms with E-state index in [1.807, 2.05) is 0 Å².